The summed E-state index contributed by atoms with van der Waals surface area (Å²) in [5.74, 6) is 0.391. The molecule has 0 aliphatic heterocycles. The molecule has 0 atom stereocenters. The van der Waals surface area contributed by atoms with E-state index in [2.05, 4.69) is 10.1 Å². The molecule has 0 bridgehead atoms. The van der Waals surface area contributed by atoms with Crippen molar-refractivity contribution in [1.29, 1.82) is 0 Å². The van der Waals surface area contributed by atoms with Crippen molar-refractivity contribution in [3.63, 3.8) is 0 Å². The van der Waals surface area contributed by atoms with Crippen LogP contribution in [0, 0.1) is 13.8 Å². The third kappa shape index (κ3) is 3.07. The molecule has 2 heterocycles. The lowest BCUT2D eigenvalue weighted by molar-refractivity contribution is 0.0429. The fourth-order valence-electron chi connectivity index (χ4n) is 2.07. The molecule has 0 saturated heterocycles. The number of thiophene rings is 1. The van der Waals surface area contributed by atoms with E-state index in [1.54, 1.807) is 6.07 Å². The SMILES string of the molecule is Cc1ccc(C(=O)OCc2nc(-c3cccs3)no2)c(C)c1. The van der Waals surface area contributed by atoms with Gasteiger partial charge in [-0.05, 0) is 36.9 Å². The van der Waals surface area contributed by atoms with E-state index in [4.69, 9.17) is 9.26 Å². The summed E-state index contributed by atoms with van der Waals surface area (Å²) in [6.07, 6.45) is 0. The molecule has 2 aromatic heterocycles. The summed E-state index contributed by atoms with van der Waals surface area (Å²) in [7, 11) is 0. The Balaban J connectivity index is 1.66. The van der Waals surface area contributed by atoms with Crippen LogP contribution in [0.25, 0.3) is 10.7 Å². The van der Waals surface area contributed by atoms with Gasteiger partial charge in [-0.1, -0.05) is 28.9 Å². The first-order valence-electron chi connectivity index (χ1n) is 6.74. The number of aromatic nitrogens is 2. The van der Waals surface area contributed by atoms with Gasteiger partial charge in [0.15, 0.2) is 6.61 Å². The van der Waals surface area contributed by atoms with Crippen molar-refractivity contribution in [2.45, 2.75) is 20.5 Å². The second kappa shape index (κ2) is 6.11. The fraction of sp³-hybridized carbons (Fsp3) is 0.188. The minimum atomic E-state index is -0.395. The number of rotatable bonds is 4. The van der Waals surface area contributed by atoms with Gasteiger partial charge in [0.05, 0.1) is 10.4 Å². The van der Waals surface area contributed by atoms with E-state index in [1.165, 1.54) is 11.3 Å². The van der Waals surface area contributed by atoms with Crippen LogP contribution in [-0.2, 0) is 11.3 Å². The van der Waals surface area contributed by atoms with Gasteiger partial charge >= 0.3 is 5.97 Å². The molecule has 0 radical (unpaired) electrons. The number of carbonyl (C=O) groups is 1. The van der Waals surface area contributed by atoms with Crippen molar-refractivity contribution in [1.82, 2.24) is 10.1 Å². The average molecular weight is 314 g/mol. The van der Waals surface area contributed by atoms with Crippen LogP contribution in [0.4, 0.5) is 0 Å². The van der Waals surface area contributed by atoms with Crippen molar-refractivity contribution in [3.8, 4) is 10.7 Å². The molecule has 0 fully saturated rings. The Bertz CT molecular complexity index is 794. The van der Waals surface area contributed by atoms with Gasteiger partial charge in [-0.2, -0.15) is 4.98 Å². The molecule has 3 aromatic rings. The molecular formula is C16H14N2O3S. The predicted molar refractivity (Wildman–Crippen MR) is 82.6 cm³/mol. The topological polar surface area (TPSA) is 65.2 Å². The number of ether oxygens (including phenoxy) is 1. The Hall–Kier alpha value is -2.47. The van der Waals surface area contributed by atoms with E-state index in [0.29, 0.717) is 11.4 Å². The lowest BCUT2D eigenvalue weighted by atomic mass is 10.1. The van der Waals surface area contributed by atoms with Crippen LogP contribution in [0.5, 0.6) is 0 Å². The van der Waals surface area contributed by atoms with Crippen LogP contribution in [0.3, 0.4) is 0 Å². The zero-order chi connectivity index (χ0) is 15.5. The summed E-state index contributed by atoms with van der Waals surface area (Å²) in [4.78, 5) is 17.2. The van der Waals surface area contributed by atoms with Gasteiger partial charge in [0.1, 0.15) is 0 Å². The largest absolute Gasteiger partial charge is 0.452 e. The lowest BCUT2D eigenvalue weighted by Crippen LogP contribution is -2.07. The maximum absolute atomic E-state index is 12.1. The Morgan fingerprint density at radius 1 is 1.32 bits per heavy atom. The van der Waals surface area contributed by atoms with Crippen LogP contribution >= 0.6 is 11.3 Å². The minimum absolute atomic E-state index is 0.0372. The third-order valence-corrected chi connectivity index (χ3v) is 4.00. The number of esters is 1. The molecule has 112 valence electrons. The van der Waals surface area contributed by atoms with Gasteiger partial charge in [0.25, 0.3) is 5.89 Å². The maximum atomic E-state index is 12.1. The van der Waals surface area contributed by atoms with Crippen molar-refractivity contribution in [2.24, 2.45) is 0 Å². The predicted octanol–water partition coefficient (Wildman–Crippen LogP) is 3.77. The first-order valence-corrected chi connectivity index (χ1v) is 7.62. The van der Waals surface area contributed by atoms with Gasteiger partial charge < -0.3 is 9.26 Å². The molecule has 0 N–H and O–H groups in total. The van der Waals surface area contributed by atoms with Crippen molar-refractivity contribution in [2.75, 3.05) is 0 Å². The van der Waals surface area contributed by atoms with Crippen LogP contribution in [-0.4, -0.2) is 16.1 Å². The first kappa shape index (κ1) is 14.5. The minimum Gasteiger partial charge on any atom is -0.452 e. The quantitative estimate of drug-likeness (QED) is 0.686. The van der Waals surface area contributed by atoms with Crippen LogP contribution in [0.15, 0.2) is 40.2 Å². The molecule has 22 heavy (non-hydrogen) atoms. The highest BCUT2D eigenvalue weighted by atomic mass is 32.1. The normalized spacial score (nSPS) is 10.6. The molecule has 1 aromatic carbocycles. The summed E-state index contributed by atoms with van der Waals surface area (Å²) in [6, 6.07) is 9.40. The Kier molecular flexibility index (Phi) is 4.02. The highest BCUT2D eigenvalue weighted by Gasteiger charge is 2.14. The second-order valence-corrected chi connectivity index (χ2v) is 5.83. The zero-order valence-corrected chi connectivity index (χ0v) is 13.0. The molecule has 0 aliphatic rings. The second-order valence-electron chi connectivity index (χ2n) is 4.88. The summed E-state index contributed by atoms with van der Waals surface area (Å²) < 4.78 is 10.3. The van der Waals surface area contributed by atoms with Crippen LogP contribution < -0.4 is 0 Å². The number of hydrogen-bond acceptors (Lipinski definition) is 6. The monoisotopic (exact) mass is 314 g/mol. The van der Waals surface area contributed by atoms with E-state index < -0.39 is 5.97 Å². The highest BCUT2D eigenvalue weighted by molar-refractivity contribution is 7.13. The third-order valence-electron chi connectivity index (χ3n) is 3.14. The highest BCUT2D eigenvalue weighted by Crippen LogP contribution is 2.21. The number of benzene rings is 1. The molecule has 6 heteroatoms. The number of carbonyl (C=O) groups excluding carboxylic acids is 1. The number of aryl methyl sites for hydroxylation is 2. The smallest absolute Gasteiger partial charge is 0.338 e. The molecule has 0 saturated carbocycles. The van der Waals surface area contributed by atoms with Gasteiger partial charge in [-0.3, -0.25) is 0 Å². The Morgan fingerprint density at radius 3 is 2.91 bits per heavy atom. The Morgan fingerprint density at radius 2 is 2.18 bits per heavy atom. The summed E-state index contributed by atoms with van der Waals surface area (Å²) in [6.45, 7) is 3.82. The molecule has 0 aliphatic carbocycles. The van der Waals surface area contributed by atoms with Crippen molar-refractivity contribution < 1.29 is 14.1 Å². The van der Waals surface area contributed by atoms with Gasteiger partial charge in [0, 0.05) is 0 Å². The van der Waals surface area contributed by atoms with Crippen LogP contribution in [0.1, 0.15) is 27.4 Å². The van der Waals surface area contributed by atoms with E-state index >= 15 is 0 Å². The molecule has 5 nitrogen and oxygen atoms in total. The lowest BCUT2D eigenvalue weighted by Gasteiger charge is -2.05. The number of nitrogens with zero attached hydrogens (tertiary/aromatic N) is 2. The maximum Gasteiger partial charge on any atom is 0.338 e. The number of hydrogen-bond donors (Lipinski definition) is 0. The molecule has 0 amide bonds. The molecule has 0 spiro atoms. The molecular weight excluding hydrogens is 300 g/mol. The van der Waals surface area contributed by atoms with Gasteiger partial charge in [-0.15, -0.1) is 11.3 Å². The molecule has 0 unspecified atom stereocenters. The van der Waals surface area contributed by atoms with Crippen LogP contribution in [0.2, 0.25) is 0 Å². The van der Waals surface area contributed by atoms with E-state index in [-0.39, 0.29) is 12.5 Å². The summed E-state index contributed by atoms with van der Waals surface area (Å²) in [5.41, 5.74) is 2.53. The standard InChI is InChI=1S/C16H14N2O3S/c1-10-5-6-12(11(2)8-10)16(19)20-9-14-17-15(18-21-14)13-4-3-7-22-13/h3-8H,9H2,1-2H3. The van der Waals surface area contributed by atoms with Crippen molar-refractivity contribution >= 4 is 17.3 Å². The summed E-state index contributed by atoms with van der Waals surface area (Å²) >= 11 is 1.52. The molecule has 3 rings (SSSR count). The average Bonchev–Trinajstić information content (AvgIpc) is 3.16. The Labute approximate surface area is 131 Å². The van der Waals surface area contributed by atoms with Gasteiger partial charge in [-0.25, -0.2) is 4.79 Å². The van der Waals surface area contributed by atoms with Gasteiger partial charge in [0.2, 0.25) is 5.82 Å². The summed E-state index contributed by atoms with van der Waals surface area (Å²) in [5, 5.41) is 5.81. The van der Waals surface area contributed by atoms with Crippen molar-refractivity contribution in [3.05, 3.63) is 58.3 Å². The zero-order valence-electron chi connectivity index (χ0n) is 12.2. The van der Waals surface area contributed by atoms with E-state index in [1.807, 2.05) is 43.5 Å². The first-order chi connectivity index (χ1) is 10.6. The van der Waals surface area contributed by atoms with E-state index in [0.717, 1.165) is 16.0 Å². The van der Waals surface area contributed by atoms with E-state index in [9.17, 15) is 4.79 Å². The fourth-order valence-corrected chi connectivity index (χ4v) is 2.72.